The molecule has 1 N–H and O–H groups in total. The zero-order valence-corrected chi connectivity index (χ0v) is 96.9. The number of nitrogens with zero attached hydrogens (tertiary/aromatic N) is 6. The summed E-state index contributed by atoms with van der Waals surface area (Å²) < 4.78 is 224. The van der Waals surface area contributed by atoms with E-state index in [0.717, 1.165) is 110 Å². The maximum absolute atomic E-state index is 12.8. The second kappa shape index (κ2) is 54.5. The molecule has 0 bridgehead atoms. The number of carboxylic acid groups (broad SMARTS) is 1. The number of rotatable bonds is 37. The number of cyclic esters (lactones) is 2. The second-order valence-electron chi connectivity index (χ2n) is 36.4. The number of allylic oxidation sites excluding steroid dienone is 15. The van der Waals surface area contributed by atoms with E-state index in [1.807, 2.05) is 99.1 Å². The summed E-state index contributed by atoms with van der Waals surface area (Å²) in [5, 5.41) is 21.0. The van der Waals surface area contributed by atoms with E-state index >= 15 is 0 Å². The fraction of sp³-hybridized carbons (Fsp3) is 0.516. The SMILES string of the molecule is C.Cc1ccc2c(c1)C(C)(C)C(=CC=C1CCC/C(=C\C=C3\N(CCCCS(=O)(=O)[O-])c4ccc(S(=O)(=O)[O-])cc4C3(C)C)C1=[N+](C)CCO)N2CCCCS(=O)(=O)[O-].Cc1ccc2c(c1)C(C)(C)C(=CC=C1CCCC(C=CC3=[N+](CCCCS(=O)(=O)[O-])c4ccc(S(=O)(=O)[O-])cc4C3(C)C)=C1OCCN(C)C(=O)CCCC(=O)[O-])N2CCCCS(=O)(=O)[O-].O=C1CCCC(=O)O1.[Na+].[Na+].[Na+].[Na+].[Na+]. The molecule has 1 saturated heterocycles. The predicted octanol–water partition coefficient (Wildman–Crippen LogP) is -3.85. The minimum absolute atomic E-state index is 0. The molecule has 0 unspecified atom stereocenters. The molecule has 32 nitrogen and oxygen atoms in total. The Balaban J connectivity index is 0.000000633. The molecule has 2 aliphatic carbocycles. The predicted molar refractivity (Wildman–Crippen MR) is 500 cm³/mol. The van der Waals surface area contributed by atoms with Gasteiger partial charge in [0.15, 0.2) is 12.3 Å². The number of aliphatic hydroxyl groups excluding tert-OH is 1. The number of carbonyl (C=O) groups excluding carboxylic acids is 4. The Bertz CT molecular complexity index is 6150. The topological polar surface area (TPSA) is 492 Å². The standard InChI is InChI=1S/C47H63N3O13S3.C42H57N3O10S3.C5H6O3.CH4.5Na/c1-33-17-21-39-37(31-33)46(2,3)41(49(39)25-7-9-29-64(54,55)56)23-18-34-13-11-14-35(45(34)63-28-27-48(6)43(51)15-12-16-44(52)53)19-24-42-47(4,5)38-32-36(66(60,61)62)20-22-40(38)50(42)26-8-10-30-65(57,58)59;1-30-14-18-36-34(28-30)41(2,3)38(44(36)22-7-9-26-56(47,48)49)20-15-31-12-11-13-32(40(31)43(6)24-25-46)16-21-39-42(4,5)35-29-33(58(53,54)55)17-19-37(35)45(39)23-8-10-27-57(50,51)52;6-4-2-1-3-5(7)8-4;;;;;;/h17-24,31-32H,7-16,25-30H2,1-6H3,(H3-,52,53,54,55,56,57,58,59,60,61,62);14-21,28-29,46H,7-13,22-27H2,1-6H3,(H2-,47,48,49,50,51,52,53,54,55);1-3H2;1H4;;;;;/q;;;;5*+1/p-5. The number of benzene rings is 4. The van der Waals surface area contributed by atoms with Gasteiger partial charge in [-0.05, 0) is 225 Å². The quantitative estimate of drug-likeness (QED) is 0.0113. The first-order valence-corrected chi connectivity index (χ1v) is 53.4. The largest absolute Gasteiger partial charge is 1.00 e. The summed E-state index contributed by atoms with van der Waals surface area (Å²) >= 11 is 0. The average molecular weight is 2070 g/mol. The molecule has 11 rings (SSSR count). The van der Waals surface area contributed by atoms with Gasteiger partial charge < -0.3 is 71.4 Å². The van der Waals surface area contributed by atoms with Crippen LogP contribution in [0.5, 0.6) is 0 Å². The van der Waals surface area contributed by atoms with Gasteiger partial charge in [-0.25, -0.2) is 55.1 Å². The summed E-state index contributed by atoms with van der Waals surface area (Å²) in [5.41, 5.74) is 14.9. The summed E-state index contributed by atoms with van der Waals surface area (Å²) in [6.45, 7) is 22.6. The van der Waals surface area contributed by atoms with Crippen molar-refractivity contribution in [2.75, 3.05) is 104 Å². The van der Waals surface area contributed by atoms with Gasteiger partial charge in [0.2, 0.25) is 17.3 Å². The molecule has 0 aromatic heterocycles. The number of unbranched alkanes of at least 4 members (excludes halogenated alkanes) is 4. The fourth-order valence-electron chi connectivity index (χ4n) is 18.1. The zero-order valence-electron chi connectivity index (χ0n) is 82.0. The van der Waals surface area contributed by atoms with Crippen molar-refractivity contribution in [3.63, 3.8) is 0 Å². The number of aliphatic carboxylic acids is 1. The number of fused-ring (bicyclic) bond motifs is 4. The molecule has 5 aliphatic heterocycles. The smallest absolute Gasteiger partial charge is 0.748 e. The van der Waals surface area contributed by atoms with Crippen LogP contribution in [0.3, 0.4) is 0 Å². The maximum Gasteiger partial charge on any atom is 1.00 e. The van der Waals surface area contributed by atoms with Gasteiger partial charge in [0, 0.05) is 161 Å². The number of carboxylic acids is 1. The molecule has 732 valence electrons. The Labute approximate surface area is 927 Å². The Morgan fingerprint density at radius 1 is 0.493 bits per heavy atom. The number of anilines is 3. The van der Waals surface area contributed by atoms with E-state index in [0.29, 0.717) is 119 Å². The van der Waals surface area contributed by atoms with Crippen molar-refractivity contribution < 1.29 is 274 Å². The van der Waals surface area contributed by atoms with Crippen molar-refractivity contribution in [1.82, 2.24) is 4.90 Å². The number of amides is 1. The average Bonchev–Trinajstić information content (AvgIpc) is 1.63. The minimum Gasteiger partial charge on any atom is -0.748 e. The van der Waals surface area contributed by atoms with Gasteiger partial charge >= 0.3 is 160 Å². The van der Waals surface area contributed by atoms with Crippen molar-refractivity contribution in [1.29, 1.82) is 0 Å². The van der Waals surface area contributed by atoms with E-state index in [1.54, 1.807) is 19.2 Å². The number of likely N-dealkylation sites (N-methyl/N-ethyl adjacent to an activating group) is 2. The van der Waals surface area contributed by atoms with Crippen LogP contribution in [-0.4, -0.2) is 222 Å². The van der Waals surface area contributed by atoms with Crippen molar-refractivity contribution in [2.24, 2.45) is 0 Å². The molecule has 4 aromatic carbocycles. The molecule has 0 radical (unpaired) electrons. The van der Waals surface area contributed by atoms with E-state index in [2.05, 4.69) is 90.8 Å². The van der Waals surface area contributed by atoms with Gasteiger partial charge in [-0.2, -0.15) is 4.58 Å². The number of hydrogen-bond donors (Lipinski definition) is 1. The Hall–Kier alpha value is -4.16. The Morgan fingerprint density at radius 2 is 0.877 bits per heavy atom. The van der Waals surface area contributed by atoms with Gasteiger partial charge in [0.25, 0.3) is 0 Å². The third-order valence-electron chi connectivity index (χ3n) is 24.9. The van der Waals surface area contributed by atoms with Crippen LogP contribution in [0.25, 0.3) is 0 Å². The molecular weight excluding hydrogens is 1950 g/mol. The van der Waals surface area contributed by atoms with Crippen LogP contribution in [0.1, 0.15) is 225 Å². The Morgan fingerprint density at radius 3 is 1.28 bits per heavy atom. The van der Waals surface area contributed by atoms with Crippen molar-refractivity contribution >= 4 is 119 Å². The van der Waals surface area contributed by atoms with Crippen LogP contribution in [0, 0.1) is 13.8 Å². The number of aliphatic hydroxyl groups is 1. The van der Waals surface area contributed by atoms with Crippen LogP contribution in [0.2, 0.25) is 0 Å². The number of aryl methyl sites for hydroxylation is 2. The first-order valence-electron chi connectivity index (χ1n) is 44.3. The van der Waals surface area contributed by atoms with E-state index in [-0.39, 0.29) is 253 Å². The van der Waals surface area contributed by atoms with Crippen LogP contribution >= 0.6 is 0 Å². The molecule has 138 heavy (non-hydrogen) atoms. The third kappa shape index (κ3) is 35.3. The summed E-state index contributed by atoms with van der Waals surface area (Å²) in [4.78, 5) is 51.4. The number of carbonyl (C=O) groups is 4. The summed E-state index contributed by atoms with van der Waals surface area (Å²) in [6, 6.07) is 21.0. The normalized spacial score (nSPS) is 19.1. The summed E-state index contributed by atoms with van der Waals surface area (Å²) in [5.74, 6) is -3.57. The van der Waals surface area contributed by atoms with Crippen molar-refractivity contribution in [3.05, 3.63) is 200 Å². The van der Waals surface area contributed by atoms with Crippen LogP contribution in [0.4, 0.5) is 22.7 Å². The van der Waals surface area contributed by atoms with Crippen LogP contribution < -0.4 is 168 Å². The molecule has 43 heteroatoms. The van der Waals surface area contributed by atoms with E-state index < -0.39 is 106 Å². The second-order valence-corrected chi connectivity index (χ2v) is 45.2. The van der Waals surface area contributed by atoms with Gasteiger partial charge in [-0.3, -0.25) is 14.4 Å². The molecule has 0 spiro atoms. The molecule has 0 atom stereocenters. The molecule has 5 heterocycles. The van der Waals surface area contributed by atoms with E-state index in [4.69, 9.17) is 4.74 Å². The van der Waals surface area contributed by atoms with E-state index in [9.17, 15) is 107 Å². The molecule has 7 aliphatic rings. The monoisotopic (exact) mass is 2070 g/mol. The summed E-state index contributed by atoms with van der Waals surface area (Å²) in [6.07, 6.45) is 24.3. The zero-order chi connectivity index (χ0) is 97.7. The molecular formula is C95H125N6Na5O26S6. The molecule has 1 amide bonds. The Kier molecular flexibility index (Phi) is 50.5. The van der Waals surface area contributed by atoms with Crippen LogP contribution in [-0.2, 0) is 111 Å². The minimum atomic E-state index is -4.79. The number of esters is 2. The fourth-order valence-corrected chi connectivity index (χ4v) is 21.3. The van der Waals surface area contributed by atoms with Crippen molar-refractivity contribution in [3.8, 4) is 0 Å². The first kappa shape index (κ1) is 128. The van der Waals surface area contributed by atoms with Crippen molar-refractivity contribution in [2.45, 2.75) is 237 Å². The van der Waals surface area contributed by atoms with Gasteiger partial charge in [0.05, 0.1) is 62.2 Å². The number of hydrogen-bond acceptors (Lipinski definition) is 29. The first-order chi connectivity index (χ1) is 61.4. The van der Waals surface area contributed by atoms with E-state index in [1.165, 1.54) is 29.2 Å². The summed E-state index contributed by atoms with van der Waals surface area (Å²) in [7, 11) is -23.5. The molecule has 1 saturated carbocycles. The van der Waals surface area contributed by atoms with Gasteiger partial charge in [0.1, 0.15) is 52.8 Å². The van der Waals surface area contributed by atoms with Gasteiger partial charge in [-0.1, -0.05) is 103 Å². The number of ether oxygens (including phenoxy) is 2. The molecule has 4 aromatic rings. The molecule has 2 fully saturated rings. The maximum atomic E-state index is 12.8. The van der Waals surface area contributed by atoms with Gasteiger partial charge in [-0.15, -0.1) is 0 Å². The third-order valence-corrected chi connectivity index (χ3v) is 29.7. The van der Waals surface area contributed by atoms with Crippen LogP contribution in [0.15, 0.2) is 176 Å².